The van der Waals surface area contributed by atoms with E-state index in [0.717, 1.165) is 0 Å². The summed E-state index contributed by atoms with van der Waals surface area (Å²) in [5.74, 6) is 0. The predicted octanol–water partition coefficient (Wildman–Crippen LogP) is 2.84. The van der Waals surface area contributed by atoms with Crippen LogP contribution in [0.2, 0.25) is 5.02 Å². The van der Waals surface area contributed by atoms with Crippen molar-refractivity contribution in [2.24, 2.45) is 0 Å². The van der Waals surface area contributed by atoms with Crippen molar-refractivity contribution >= 4 is 40.6 Å². The highest BCUT2D eigenvalue weighted by molar-refractivity contribution is 7.80. The molecule has 18 heavy (non-hydrogen) atoms. The monoisotopic (exact) mass is 283 g/mol. The molecule has 0 atom stereocenters. The lowest BCUT2D eigenvalue weighted by Gasteiger charge is -2.17. The van der Waals surface area contributed by atoms with Crippen molar-refractivity contribution in [1.29, 1.82) is 0 Å². The van der Waals surface area contributed by atoms with Gasteiger partial charge in [0.2, 0.25) is 0 Å². The van der Waals surface area contributed by atoms with E-state index in [2.05, 4.69) is 10.6 Å². The number of hydrogen-bond donors (Lipinski definition) is 2. The van der Waals surface area contributed by atoms with Gasteiger partial charge < -0.3 is 10.6 Å². The molecule has 1 saturated heterocycles. The first kappa shape index (κ1) is 13.1. The van der Waals surface area contributed by atoms with E-state index in [-0.39, 0.29) is 11.6 Å². The van der Waals surface area contributed by atoms with E-state index in [4.69, 9.17) is 23.8 Å². The third kappa shape index (κ3) is 2.91. The molecule has 1 aliphatic rings. The Morgan fingerprint density at radius 2 is 2.06 bits per heavy atom. The Kier molecular flexibility index (Phi) is 3.45. The maximum absolute atomic E-state index is 12.1. The summed E-state index contributed by atoms with van der Waals surface area (Å²) >= 11 is 10.9. The number of thiocarbonyl (C=S) groups is 1. The van der Waals surface area contributed by atoms with E-state index in [1.807, 2.05) is 13.8 Å². The molecule has 1 heterocycles. The number of halogens is 1. The molecule has 2 rings (SSSR count). The summed E-state index contributed by atoms with van der Waals surface area (Å²) in [5, 5.41) is 6.96. The van der Waals surface area contributed by atoms with Gasteiger partial charge in [0.1, 0.15) is 0 Å². The van der Waals surface area contributed by atoms with Crippen LogP contribution in [-0.2, 0) is 0 Å². The number of carbonyl (C=O) groups excluding carboxylic acids is 1. The number of hydrogen-bond acceptors (Lipinski definition) is 2. The molecule has 1 aromatic carbocycles. The van der Waals surface area contributed by atoms with Crippen molar-refractivity contribution in [2.75, 3.05) is 11.9 Å². The molecule has 0 spiro atoms. The summed E-state index contributed by atoms with van der Waals surface area (Å²) in [6, 6.07) is 6.71. The number of urea groups is 1. The van der Waals surface area contributed by atoms with Crippen molar-refractivity contribution in [3.05, 3.63) is 29.3 Å². The van der Waals surface area contributed by atoms with Gasteiger partial charge in [0, 0.05) is 10.7 Å². The van der Waals surface area contributed by atoms with Gasteiger partial charge in [-0.1, -0.05) is 11.6 Å². The molecule has 1 aromatic rings. The van der Waals surface area contributed by atoms with Crippen LogP contribution in [0.5, 0.6) is 0 Å². The zero-order chi connectivity index (χ0) is 13.3. The van der Waals surface area contributed by atoms with Crippen LogP contribution in [0.1, 0.15) is 13.8 Å². The molecule has 2 amide bonds. The average Bonchev–Trinajstić information content (AvgIpc) is 2.55. The number of anilines is 1. The van der Waals surface area contributed by atoms with Gasteiger partial charge in [0.15, 0.2) is 5.11 Å². The van der Waals surface area contributed by atoms with Crippen LogP contribution in [-0.4, -0.2) is 28.1 Å². The van der Waals surface area contributed by atoms with E-state index in [0.29, 0.717) is 22.4 Å². The molecule has 1 aliphatic heterocycles. The first-order valence-corrected chi connectivity index (χ1v) is 6.32. The molecule has 0 radical (unpaired) electrons. The molecule has 2 N–H and O–H groups in total. The molecule has 0 aromatic heterocycles. The average molecular weight is 284 g/mol. The molecule has 0 aliphatic carbocycles. The van der Waals surface area contributed by atoms with E-state index in [9.17, 15) is 4.79 Å². The van der Waals surface area contributed by atoms with Gasteiger partial charge in [0.25, 0.3) is 0 Å². The minimum absolute atomic E-state index is 0.186. The molecular weight excluding hydrogens is 270 g/mol. The zero-order valence-corrected chi connectivity index (χ0v) is 11.7. The number of amides is 2. The largest absolute Gasteiger partial charge is 0.355 e. The van der Waals surface area contributed by atoms with Gasteiger partial charge in [-0.25, -0.2) is 4.79 Å². The molecule has 96 valence electrons. The Labute approximate surface area is 116 Å². The Morgan fingerprint density at radius 3 is 2.56 bits per heavy atom. The third-order valence-electron chi connectivity index (χ3n) is 2.58. The van der Waals surface area contributed by atoms with Crippen LogP contribution in [0.3, 0.4) is 0 Å². The van der Waals surface area contributed by atoms with E-state index < -0.39 is 0 Å². The number of nitrogens with one attached hydrogen (secondary N) is 2. The summed E-state index contributed by atoms with van der Waals surface area (Å²) in [5.41, 5.74) is 0.505. The van der Waals surface area contributed by atoms with Crippen LogP contribution in [0.25, 0.3) is 0 Å². The smallest absolute Gasteiger partial charge is 0.328 e. The van der Waals surface area contributed by atoms with Crippen molar-refractivity contribution in [3.8, 4) is 0 Å². The SMILES string of the molecule is CC1(C)CN(C(=O)Nc2ccc(Cl)cc2)C(=S)N1. The zero-order valence-electron chi connectivity index (χ0n) is 10.2. The number of nitrogens with zero attached hydrogens (tertiary/aromatic N) is 1. The lowest BCUT2D eigenvalue weighted by atomic mass is 10.1. The Balaban J connectivity index is 2.05. The number of benzene rings is 1. The molecule has 0 bridgehead atoms. The lowest BCUT2D eigenvalue weighted by Crippen LogP contribution is -2.37. The maximum atomic E-state index is 12.1. The second-order valence-electron chi connectivity index (χ2n) is 4.84. The molecule has 0 saturated carbocycles. The Hall–Kier alpha value is -1.33. The fourth-order valence-electron chi connectivity index (χ4n) is 1.75. The highest BCUT2D eigenvalue weighted by atomic mass is 35.5. The van der Waals surface area contributed by atoms with Crippen LogP contribution in [0.4, 0.5) is 10.5 Å². The van der Waals surface area contributed by atoms with Gasteiger partial charge in [-0.2, -0.15) is 0 Å². The normalized spacial score (nSPS) is 17.5. The summed E-state index contributed by atoms with van der Waals surface area (Å²) < 4.78 is 0. The molecule has 4 nitrogen and oxygen atoms in total. The highest BCUT2D eigenvalue weighted by Gasteiger charge is 2.35. The first-order valence-electron chi connectivity index (χ1n) is 5.54. The second kappa shape index (κ2) is 4.74. The molecule has 6 heteroatoms. The maximum Gasteiger partial charge on any atom is 0.328 e. The van der Waals surface area contributed by atoms with Crippen molar-refractivity contribution in [3.63, 3.8) is 0 Å². The minimum atomic E-state index is -0.236. The fraction of sp³-hybridized carbons (Fsp3) is 0.333. The third-order valence-corrected chi connectivity index (χ3v) is 3.16. The molecular formula is C12H14ClN3OS. The van der Waals surface area contributed by atoms with Crippen LogP contribution in [0.15, 0.2) is 24.3 Å². The van der Waals surface area contributed by atoms with Crippen LogP contribution < -0.4 is 10.6 Å². The molecule has 1 fully saturated rings. The quantitative estimate of drug-likeness (QED) is 0.779. The van der Waals surface area contributed by atoms with E-state index >= 15 is 0 Å². The van der Waals surface area contributed by atoms with Crippen molar-refractivity contribution in [1.82, 2.24) is 10.2 Å². The van der Waals surface area contributed by atoms with E-state index in [1.165, 1.54) is 4.90 Å². The van der Waals surface area contributed by atoms with E-state index in [1.54, 1.807) is 24.3 Å². The van der Waals surface area contributed by atoms with Gasteiger partial charge in [-0.05, 0) is 50.3 Å². The van der Waals surface area contributed by atoms with Gasteiger partial charge in [-0.15, -0.1) is 0 Å². The summed E-state index contributed by atoms with van der Waals surface area (Å²) in [6.07, 6.45) is 0. The predicted molar refractivity (Wildman–Crippen MR) is 77.0 cm³/mol. The highest BCUT2D eigenvalue weighted by Crippen LogP contribution is 2.18. The topological polar surface area (TPSA) is 44.4 Å². The van der Waals surface area contributed by atoms with Gasteiger partial charge >= 0.3 is 6.03 Å². The van der Waals surface area contributed by atoms with Crippen LogP contribution >= 0.6 is 23.8 Å². The number of carbonyl (C=O) groups is 1. The van der Waals surface area contributed by atoms with Crippen molar-refractivity contribution < 1.29 is 4.79 Å². The first-order chi connectivity index (χ1) is 8.37. The summed E-state index contributed by atoms with van der Waals surface area (Å²) in [6.45, 7) is 4.54. The number of rotatable bonds is 1. The summed E-state index contributed by atoms with van der Waals surface area (Å²) in [4.78, 5) is 13.6. The Bertz CT molecular complexity index is 487. The minimum Gasteiger partial charge on any atom is -0.355 e. The standard InChI is InChI=1S/C12H14ClN3OS/c1-12(2)7-16(11(18)15-12)10(17)14-9-5-3-8(13)4-6-9/h3-6H,7H2,1-2H3,(H,14,17)(H,15,18). The van der Waals surface area contributed by atoms with Gasteiger partial charge in [-0.3, -0.25) is 4.90 Å². The van der Waals surface area contributed by atoms with Crippen LogP contribution in [0, 0.1) is 0 Å². The summed E-state index contributed by atoms with van der Waals surface area (Å²) in [7, 11) is 0. The van der Waals surface area contributed by atoms with Crippen molar-refractivity contribution in [2.45, 2.75) is 19.4 Å². The molecule has 0 unspecified atom stereocenters. The second-order valence-corrected chi connectivity index (χ2v) is 5.66. The Morgan fingerprint density at radius 1 is 1.44 bits per heavy atom. The fourth-order valence-corrected chi connectivity index (χ4v) is 2.30. The lowest BCUT2D eigenvalue weighted by molar-refractivity contribution is 0.233. The van der Waals surface area contributed by atoms with Gasteiger partial charge in [0.05, 0.1) is 12.1 Å².